The monoisotopic (exact) mass is 456 g/mol. The SMILES string of the molecule is Fc1ccc(Cn2cc(NC(=S)Nc3ccn(Cc4cccc5ccccc45)n3)cn2)cc1. The lowest BCUT2D eigenvalue weighted by atomic mass is 10.0. The van der Waals surface area contributed by atoms with Crippen LogP contribution in [-0.4, -0.2) is 24.7 Å². The number of aromatic nitrogens is 4. The van der Waals surface area contributed by atoms with Crippen LogP contribution in [-0.2, 0) is 13.1 Å². The van der Waals surface area contributed by atoms with E-state index in [1.807, 2.05) is 35.3 Å². The molecule has 3 aromatic carbocycles. The van der Waals surface area contributed by atoms with Crippen LogP contribution in [0.25, 0.3) is 10.8 Å². The van der Waals surface area contributed by atoms with Gasteiger partial charge in [0.2, 0.25) is 0 Å². The van der Waals surface area contributed by atoms with Crippen molar-refractivity contribution in [3.63, 3.8) is 0 Å². The molecule has 6 nitrogen and oxygen atoms in total. The highest BCUT2D eigenvalue weighted by atomic mass is 32.1. The third kappa shape index (κ3) is 5.07. The number of thiocarbonyl (C=S) groups is 1. The van der Waals surface area contributed by atoms with Crippen LogP contribution in [0.2, 0.25) is 0 Å². The minimum Gasteiger partial charge on any atom is -0.330 e. The molecule has 8 heteroatoms. The minimum absolute atomic E-state index is 0.252. The third-order valence-corrected chi connectivity index (χ3v) is 5.45. The molecule has 5 aromatic rings. The summed E-state index contributed by atoms with van der Waals surface area (Å²) in [6, 6.07) is 22.9. The van der Waals surface area contributed by atoms with Crippen molar-refractivity contribution in [3.8, 4) is 0 Å². The molecule has 0 radical (unpaired) electrons. The van der Waals surface area contributed by atoms with Gasteiger partial charge in [-0.25, -0.2) is 4.39 Å². The van der Waals surface area contributed by atoms with E-state index in [1.165, 1.54) is 28.5 Å². The van der Waals surface area contributed by atoms with Gasteiger partial charge in [-0.15, -0.1) is 0 Å². The highest BCUT2D eigenvalue weighted by Crippen LogP contribution is 2.19. The summed E-state index contributed by atoms with van der Waals surface area (Å²) in [6.45, 7) is 1.21. The van der Waals surface area contributed by atoms with Gasteiger partial charge in [0.25, 0.3) is 0 Å². The summed E-state index contributed by atoms with van der Waals surface area (Å²) in [5.41, 5.74) is 2.92. The van der Waals surface area contributed by atoms with Crippen LogP contribution in [0.1, 0.15) is 11.1 Å². The van der Waals surface area contributed by atoms with Crippen molar-refractivity contribution < 1.29 is 4.39 Å². The number of benzene rings is 3. The van der Waals surface area contributed by atoms with Gasteiger partial charge in [-0.3, -0.25) is 9.36 Å². The van der Waals surface area contributed by atoms with Crippen LogP contribution in [0.3, 0.4) is 0 Å². The zero-order valence-electron chi connectivity index (χ0n) is 17.6. The number of rotatable bonds is 6. The van der Waals surface area contributed by atoms with Gasteiger partial charge in [-0.2, -0.15) is 10.2 Å². The van der Waals surface area contributed by atoms with Crippen LogP contribution in [0.15, 0.2) is 91.4 Å². The average molecular weight is 457 g/mol. The first-order valence-electron chi connectivity index (χ1n) is 10.5. The van der Waals surface area contributed by atoms with Gasteiger partial charge in [0.15, 0.2) is 10.9 Å². The second kappa shape index (κ2) is 9.22. The largest absolute Gasteiger partial charge is 0.330 e. The quantitative estimate of drug-likeness (QED) is 0.341. The molecule has 0 amide bonds. The van der Waals surface area contributed by atoms with Crippen molar-refractivity contribution in [1.29, 1.82) is 0 Å². The number of anilines is 2. The second-order valence-electron chi connectivity index (χ2n) is 7.67. The summed E-state index contributed by atoms with van der Waals surface area (Å²) < 4.78 is 16.7. The van der Waals surface area contributed by atoms with Gasteiger partial charge in [0.05, 0.1) is 25.0 Å². The summed E-state index contributed by atoms with van der Waals surface area (Å²) in [7, 11) is 0. The zero-order valence-corrected chi connectivity index (χ0v) is 18.5. The lowest BCUT2D eigenvalue weighted by molar-refractivity contribution is 0.624. The number of nitrogens with one attached hydrogen (secondary N) is 2. The number of hydrogen-bond donors (Lipinski definition) is 2. The molecule has 5 rings (SSSR count). The predicted octanol–water partition coefficient (Wildman–Crippen LogP) is 5.28. The Bertz CT molecular complexity index is 1400. The van der Waals surface area contributed by atoms with E-state index in [-0.39, 0.29) is 5.82 Å². The summed E-state index contributed by atoms with van der Waals surface area (Å²) >= 11 is 5.42. The highest BCUT2D eigenvalue weighted by Gasteiger charge is 2.07. The maximum atomic E-state index is 13.1. The van der Waals surface area contributed by atoms with Gasteiger partial charge < -0.3 is 10.6 Å². The maximum absolute atomic E-state index is 13.1. The van der Waals surface area contributed by atoms with Crippen molar-refractivity contribution in [2.45, 2.75) is 13.1 Å². The molecule has 2 N–H and O–H groups in total. The fraction of sp³-hybridized carbons (Fsp3) is 0.0800. The highest BCUT2D eigenvalue weighted by molar-refractivity contribution is 7.80. The van der Waals surface area contributed by atoms with Gasteiger partial charge in [0.1, 0.15) is 5.82 Å². The predicted molar refractivity (Wildman–Crippen MR) is 133 cm³/mol. The molecule has 0 atom stereocenters. The molecule has 0 aliphatic carbocycles. The smallest absolute Gasteiger partial charge is 0.176 e. The lowest BCUT2D eigenvalue weighted by Gasteiger charge is -2.08. The molecule has 0 unspecified atom stereocenters. The van der Waals surface area contributed by atoms with E-state index in [0.717, 1.165) is 11.3 Å². The lowest BCUT2D eigenvalue weighted by Crippen LogP contribution is -2.19. The molecular weight excluding hydrogens is 435 g/mol. The summed E-state index contributed by atoms with van der Waals surface area (Å²) in [5.74, 6) is 0.406. The Morgan fingerprint density at radius 1 is 0.879 bits per heavy atom. The first-order valence-corrected chi connectivity index (χ1v) is 10.9. The van der Waals surface area contributed by atoms with E-state index in [9.17, 15) is 4.39 Å². The average Bonchev–Trinajstić information content (AvgIpc) is 3.44. The number of halogens is 1. The molecule has 0 aliphatic heterocycles. The molecule has 164 valence electrons. The number of hydrogen-bond acceptors (Lipinski definition) is 3. The van der Waals surface area contributed by atoms with Crippen LogP contribution < -0.4 is 10.6 Å². The third-order valence-electron chi connectivity index (χ3n) is 5.24. The van der Waals surface area contributed by atoms with Gasteiger partial charge in [-0.05, 0) is 46.2 Å². The number of nitrogens with zero attached hydrogens (tertiary/aromatic N) is 4. The number of fused-ring (bicyclic) bond motifs is 1. The first kappa shape index (κ1) is 20.8. The molecule has 0 spiro atoms. The fourth-order valence-corrected chi connectivity index (χ4v) is 3.91. The van der Waals surface area contributed by atoms with Crippen molar-refractivity contribution >= 4 is 39.6 Å². The van der Waals surface area contributed by atoms with Crippen LogP contribution in [0.5, 0.6) is 0 Å². The Labute approximate surface area is 195 Å². The Balaban J connectivity index is 1.19. The van der Waals surface area contributed by atoms with E-state index >= 15 is 0 Å². The van der Waals surface area contributed by atoms with Crippen molar-refractivity contribution in [1.82, 2.24) is 19.6 Å². The van der Waals surface area contributed by atoms with Gasteiger partial charge in [-0.1, -0.05) is 54.6 Å². The van der Waals surface area contributed by atoms with E-state index in [2.05, 4.69) is 51.2 Å². The van der Waals surface area contributed by atoms with Gasteiger partial charge >= 0.3 is 0 Å². The first-order chi connectivity index (χ1) is 16.1. The minimum atomic E-state index is -0.252. The molecule has 0 saturated heterocycles. The normalized spacial score (nSPS) is 10.9. The summed E-state index contributed by atoms with van der Waals surface area (Å²) in [4.78, 5) is 0. The molecule has 0 aliphatic rings. The molecule has 2 aromatic heterocycles. The molecule has 33 heavy (non-hydrogen) atoms. The topological polar surface area (TPSA) is 59.7 Å². The molecule has 0 fully saturated rings. The Morgan fingerprint density at radius 3 is 2.58 bits per heavy atom. The van der Waals surface area contributed by atoms with Gasteiger partial charge in [0, 0.05) is 18.5 Å². The molecule has 2 heterocycles. The van der Waals surface area contributed by atoms with Crippen molar-refractivity contribution in [2.24, 2.45) is 0 Å². The molecular formula is C25H21FN6S. The maximum Gasteiger partial charge on any atom is 0.176 e. The fourth-order valence-electron chi connectivity index (χ4n) is 3.69. The van der Waals surface area contributed by atoms with E-state index in [4.69, 9.17) is 12.2 Å². The summed E-state index contributed by atoms with van der Waals surface area (Å²) in [5, 5.41) is 18.0. The van der Waals surface area contributed by atoms with Crippen LogP contribution in [0.4, 0.5) is 15.9 Å². The molecule has 0 saturated carbocycles. The Hall–Kier alpha value is -4.04. The van der Waals surface area contributed by atoms with E-state index < -0.39 is 0 Å². The molecule has 0 bridgehead atoms. The standard InChI is InChI=1S/C25H21FN6S/c26-21-10-8-18(9-11-21)15-32-17-22(14-27-32)28-25(33)29-24-12-13-31(30-24)16-20-6-3-5-19-4-1-2-7-23(19)20/h1-14,17H,15-16H2,(H2,28,29,30,33). The zero-order chi connectivity index (χ0) is 22.6. The second-order valence-corrected chi connectivity index (χ2v) is 8.08. The van der Waals surface area contributed by atoms with Crippen molar-refractivity contribution in [2.75, 3.05) is 10.6 Å². The van der Waals surface area contributed by atoms with Crippen LogP contribution >= 0.6 is 12.2 Å². The van der Waals surface area contributed by atoms with E-state index in [1.54, 1.807) is 23.0 Å². The Kier molecular flexibility index (Phi) is 5.82. The van der Waals surface area contributed by atoms with Crippen LogP contribution in [0, 0.1) is 5.82 Å². The Morgan fingerprint density at radius 2 is 1.70 bits per heavy atom. The van der Waals surface area contributed by atoms with Crippen molar-refractivity contribution in [3.05, 3.63) is 108 Å². The summed E-state index contributed by atoms with van der Waals surface area (Å²) in [6.07, 6.45) is 5.46. The van der Waals surface area contributed by atoms with E-state index in [0.29, 0.717) is 24.0 Å².